The molecule has 0 bridgehead atoms. The van der Waals surface area contributed by atoms with Crippen LogP contribution in [0.25, 0.3) is 0 Å². The number of anilines is 1. The van der Waals surface area contributed by atoms with Gasteiger partial charge in [-0.15, -0.1) is 0 Å². The number of ether oxygens (including phenoxy) is 1. The molecule has 4 rings (SSSR count). The zero-order valence-electron chi connectivity index (χ0n) is 10.1. The molecule has 1 saturated carbocycles. The summed E-state index contributed by atoms with van der Waals surface area (Å²) in [5.74, 6) is 0.576. The van der Waals surface area contributed by atoms with Gasteiger partial charge in [0.2, 0.25) is 5.91 Å². The molecule has 0 N–H and O–H groups in total. The molecule has 3 nitrogen and oxygen atoms in total. The van der Waals surface area contributed by atoms with Gasteiger partial charge >= 0.3 is 0 Å². The van der Waals surface area contributed by atoms with Gasteiger partial charge in [-0.3, -0.25) is 9.69 Å². The molecule has 94 valence electrons. The quantitative estimate of drug-likeness (QED) is 0.704. The Hall–Kier alpha value is -1.58. The number of amides is 1. The van der Waals surface area contributed by atoms with Crippen LogP contribution in [-0.4, -0.2) is 18.1 Å². The Morgan fingerprint density at radius 1 is 1.39 bits per heavy atom. The van der Waals surface area contributed by atoms with Crippen LogP contribution in [0.1, 0.15) is 24.8 Å². The maximum Gasteiger partial charge on any atom is 0.227 e. The molecular formula is C14H14FNO2. The van der Waals surface area contributed by atoms with Crippen LogP contribution in [0.2, 0.25) is 0 Å². The van der Waals surface area contributed by atoms with E-state index >= 15 is 0 Å². The lowest BCUT2D eigenvalue weighted by Crippen LogP contribution is -2.47. The molecule has 4 heteroatoms. The lowest BCUT2D eigenvalue weighted by atomic mass is 10.0. The Morgan fingerprint density at radius 3 is 3.06 bits per heavy atom. The molecule has 0 unspecified atom stereocenters. The summed E-state index contributed by atoms with van der Waals surface area (Å²) >= 11 is 0. The summed E-state index contributed by atoms with van der Waals surface area (Å²) in [7, 11) is 0. The molecule has 0 aromatic heterocycles. The predicted octanol–water partition coefficient (Wildman–Crippen LogP) is 2.41. The molecule has 2 heterocycles. The van der Waals surface area contributed by atoms with E-state index in [1.54, 1.807) is 4.90 Å². The average molecular weight is 247 g/mol. The number of benzene rings is 1. The summed E-state index contributed by atoms with van der Waals surface area (Å²) in [6.45, 7) is 1.84. The first kappa shape index (κ1) is 10.4. The number of fused-ring (bicyclic) bond motifs is 2. The molecule has 3 aliphatic rings. The number of carbonyl (C=O) groups excluding carboxylic acids is 1. The third-order valence-electron chi connectivity index (χ3n) is 4.38. The van der Waals surface area contributed by atoms with E-state index in [2.05, 4.69) is 0 Å². The van der Waals surface area contributed by atoms with Crippen LogP contribution in [0.5, 0.6) is 5.75 Å². The van der Waals surface area contributed by atoms with Gasteiger partial charge in [-0.1, -0.05) is 0 Å². The van der Waals surface area contributed by atoms with Crippen molar-refractivity contribution in [1.82, 2.24) is 0 Å². The summed E-state index contributed by atoms with van der Waals surface area (Å²) in [4.78, 5) is 13.8. The standard InChI is InChI=1S/C14H14FNO2/c1-7-4-9(15)14-11(5-7)18-10-3-2-8-6-12(17)16(14)13(8)10/h4-5,8,10,13H,2-3,6H2,1H3/t8-,10-,13+/m1/s1. The molecular weight excluding hydrogens is 233 g/mol. The van der Waals surface area contributed by atoms with Gasteiger partial charge in [-0.05, 0) is 43.4 Å². The molecule has 1 saturated heterocycles. The van der Waals surface area contributed by atoms with Gasteiger partial charge in [-0.2, -0.15) is 0 Å². The normalized spacial score (nSPS) is 32.2. The first-order valence-corrected chi connectivity index (χ1v) is 6.44. The summed E-state index contributed by atoms with van der Waals surface area (Å²) in [6.07, 6.45) is 2.56. The van der Waals surface area contributed by atoms with E-state index in [9.17, 15) is 9.18 Å². The molecule has 1 aromatic carbocycles. The second-order valence-electron chi connectivity index (χ2n) is 5.55. The van der Waals surface area contributed by atoms with Gasteiger partial charge in [0.15, 0.2) is 5.82 Å². The van der Waals surface area contributed by atoms with Crippen LogP contribution in [0.15, 0.2) is 12.1 Å². The SMILES string of the molecule is Cc1cc(F)c2c(c1)O[C@@H]1CC[C@@H]3CC(=O)N2[C@@H]31. The molecule has 18 heavy (non-hydrogen) atoms. The average Bonchev–Trinajstić information content (AvgIpc) is 2.83. The number of aryl methyl sites for hydroxylation is 1. The second-order valence-corrected chi connectivity index (χ2v) is 5.55. The van der Waals surface area contributed by atoms with E-state index in [1.165, 1.54) is 6.07 Å². The Balaban J connectivity index is 1.93. The van der Waals surface area contributed by atoms with Gasteiger partial charge in [0.25, 0.3) is 0 Å². The second kappa shape index (κ2) is 3.25. The minimum absolute atomic E-state index is 0.0435. The van der Waals surface area contributed by atoms with Gasteiger partial charge < -0.3 is 4.74 Å². The van der Waals surface area contributed by atoms with E-state index < -0.39 is 0 Å². The molecule has 3 atom stereocenters. The molecule has 2 aliphatic heterocycles. The lowest BCUT2D eigenvalue weighted by molar-refractivity contribution is -0.117. The fourth-order valence-electron chi connectivity index (χ4n) is 3.70. The largest absolute Gasteiger partial charge is 0.486 e. The zero-order chi connectivity index (χ0) is 12.4. The first-order chi connectivity index (χ1) is 8.65. The van der Waals surface area contributed by atoms with Crippen LogP contribution in [-0.2, 0) is 4.79 Å². The minimum atomic E-state index is -0.343. The number of rotatable bonds is 0. The Morgan fingerprint density at radius 2 is 2.22 bits per heavy atom. The predicted molar refractivity (Wildman–Crippen MR) is 64.2 cm³/mol. The third kappa shape index (κ3) is 1.15. The van der Waals surface area contributed by atoms with Crippen LogP contribution in [0, 0.1) is 18.7 Å². The van der Waals surface area contributed by atoms with Crippen molar-refractivity contribution in [2.24, 2.45) is 5.92 Å². The highest BCUT2D eigenvalue weighted by Crippen LogP contribution is 2.50. The van der Waals surface area contributed by atoms with Crippen LogP contribution in [0.3, 0.4) is 0 Å². The van der Waals surface area contributed by atoms with Crippen molar-refractivity contribution >= 4 is 11.6 Å². The minimum Gasteiger partial charge on any atom is -0.486 e. The molecule has 1 aliphatic carbocycles. The van der Waals surface area contributed by atoms with Crippen molar-refractivity contribution in [2.75, 3.05) is 4.90 Å². The third-order valence-corrected chi connectivity index (χ3v) is 4.38. The number of nitrogens with zero attached hydrogens (tertiary/aromatic N) is 1. The lowest BCUT2D eigenvalue weighted by Gasteiger charge is -2.36. The van der Waals surface area contributed by atoms with Crippen molar-refractivity contribution in [1.29, 1.82) is 0 Å². The number of halogens is 1. The maximum absolute atomic E-state index is 14.1. The summed E-state index contributed by atoms with van der Waals surface area (Å²) < 4.78 is 20.1. The van der Waals surface area contributed by atoms with Gasteiger partial charge in [0, 0.05) is 6.42 Å². The molecule has 2 fully saturated rings. The molecule has 1 aromatic rings. The smallest absolute Gasteiger partial charge is 0.227 e. The van der Waals surface area contributed by atoms with Crippen LogP contribution >= 0.6 is 0 Å². The highest BCUT2D eigenvalue weighted by Gasteiger charge is 2.53. The van der Waals surface area contributed by atoms with Crippen molar-refractivity contribution in [3.63, 3.8) is 0 Å². The highest BCUT2D eigenvalue weighted by atomic mass is 19.1. The van der Waals surface area contributed by atoms with Crippen LogP contribution < -0.4 is 9.64 Å². The summed E-state index contributed by atoms with van der Waals surface area (Å²) in [6, 6.07) is 3.35. The number of hydrogen-bond acceptors (Lipinski definition) is 2. The maximum atomic E-state index is 14.1. The molecule has 0 spiro atoms. The Kier molecular flexibility index (Phi) is 1.87. The van der Waals surface area contributed by atoms with E-state index in [0.29, 0.717) is 23.8 Å². The van der Waals surface area contributed by atoms with E-state index in [1.807, 2.05) is 13.0 Å². The van der Waals surface area contributed by atoms with Crippen LogP contribution in [0.4, 0.5) is 10.1 Å². The summed E-state index contributed by atoms with van der Waals surface area (Å²) in [5.41, 5.74) is 1.18. The van der Waals surface area contributed by atoms with Crippen molar-refractivity contribution < 1.29 is 13.9 Å². The molecule has 1 amide bonds. The van der Waals surface area contributed by atoms with E-state index in [0.717, 1.165) is 18.4 Å². The monoisotopic (exact) mass is 247 g/mol. The molecule has 0 radical (unpaired) electrons. The summed E-state index contributed by atoms with van der Waals surface area (Å²) in [5, 5.41) is 0. The van der Waals surface area contributed by atoms with E-state index in [4.69, 9.17) is 4.74 Å². The van der Waals surface area contributed by atoms with Gasteiger partial charge in [0.1, 0.15) is 17.5 Å². The van der Waals surface area contributed by atoms with Crippen molar-refractivity contribution in [3.8, 4) is 5.75 Å². The fourth-order valence-corrected chi connectivity index (χ4v) is 3.70. The van der Waals surface area contributed by atoms with E-state index in [-0.39, 0.29) is 23.9 Å². The fraction of sp³-hybridized carbons (Fsp3) is 0.500. The van der Waals surface area contributed by atoms with Crippen molar-refractivity contribution in [3.05, 3.63) is 23.5 Å². The van der Waals surface area contributed by atoms with Gasteiger partial charge in [-0.25, -0.2) is 4.39 Å². The number of carbonyl (C=O) groups is 1. The topological polar surface area (TPSA) is 29.5 Å². The Bertz CT molecular complexity index is 557. The Labute approximate surface area is 105 Å². The van der Waals surface area contributed by atoms with Gasteiger partial charge in [0.05, 0.1) is 6.04 Å². The first-order valence-electron chi connectivity index (χ1n) is 6.44. The zero-order valence-corrected chi connectivity index (χ0v) is 10.1. The number of hydrogen-bond donors (Lipinski definition) is 0. The van der Waals surface area contributed by atoms with Crippen molar-refractivity contribution in [2.45, 2.75) is 38.3 Å². The highest BCUT2D eigenvalue weighted by molar-refractivity contribution is 5.99.